The quantitative estimate of drug-likeness (QED) is 0.401. The van der Waals surface area contributed by atoms with Crippen LogP contribution in [0.4, 0.5) is 4.79 Å². The van der Waals surface area contributed by atoms with Crippen LogP contribution in [0.1, 0.15) is 44.7 Å². The molecule has 0 radical (unpaired) electrons. The topological polar surface area (TPSA) is 82.5 Å². The second kappa shape index (κ2) is 12.0. The second-order valence-corrected chi connectivity index (χ2v) is 11.9. The average molecular weight is 564 g/mol. The number of piperidine rings is 1. The fourth-order valence-corrected chi connectivity index (χ4v) is 5.63. The third-order valence-corrected chi connectivity index (χ3v) is 7.75. The van der Waals surface area contributed by atoms with Gasteiger partial charge in [0.05, 0.1) is 12.6 Å². The highest BCUT2D eigenvalue weighted by Crippen LogP contribution is 2.32. The summed E-state index contributed by atoms with van der Waals surface area (Å²) < 4.78 is 24.5. The number of methoxy groups -OCH3 is 1. The van der Waals surface area contributed by atoms with Crippen LogP contribution in [0.25, 0.3) is 10.9 Å². The van der Waals surface area contributed by atoms with E-state index in [-0.39, 0.29) is 17.7 Å². The van der Waals surface area contributed by atoms with Gasteiger partial charge in [0.1, 0.15) is 24.6 Å². The molecule has 0 N–H and O–H groups in total. The van der Waals surface area contributed by atoms with E-state index >= 15 is 0 Å². The first-order valence-electron chi connectivity index (χ1n) is 14.4. The number of pyridine rings is 1. The molecule has 2 aromatic carbocycles. The number of aromatic nitrogens is 1. The fourth-order valence-electron chi connectivity index (χ4n) is 5.63. The standard InChI is InChI=1S/C32H41N3O6/c1-22-18-30(36)34(27-20-25(38-5)7-8-26(22)27)15-14-33-12-10-24(11-13-33)35(31(37)41-32(2,3)4)21-23-6-9-28-29(19-23)40-17-16-39-28/h6-9,18-20,24H,10-17,21H2,1-5H3. The van der Waals surface area contributed by atoms with Crippen LogP contribution in [0.2, 0.25) is 0 Å². The number of nitrogens with zero attached hydrogens (tertiary/aromatic N) is 3. The second-order valence-electron chi connectivity index (χ2n) is 11.9. The van der Waals surface area contributed by atoms with Crippen molar-refractivity contribution in [2.75, 3.05) is 40.0 Å². The molecule has 9 heteroatoms. The molecule has 0 saturated carbocycles. The van der Waals surface area contributed by atoms with Gasteiger partial charge in [-0.3, -0.25) is 4.79 Å². The van der Waals surface area contributed by atoms with Gasteiger partial charge >= 0.3 is 6.09 Å². The predicted molar refractivity (Wildman–Crippen MR) is 158 cm³/mol. The number of likely N-dealkylation sites (tertiary alicyclic amines) is 1. The van der Waals surface area contributed by atoms with Crippen LogP contribution in [-0.2, 0) is 17.8 Å². The van der Waals surface area contributed by atoms with Gasteiger partial charge in [0.2, 0.25) is 0 Å². The number of carbonyl (C=O) groups is 1. The van der Waals surface area contributed by atoms with Crippen LogP contribution >= 0.6 is 0 Å². The SMILES string of the molecule is COc1ccc2c(C)cc(=O)n(CCN3CCC(N(Cc4ccc5c(c4)OCCO5)C(=O)OC(C)(C)C)CC3)c2c1. The Morgan fingerprint density at radius 2 is 1.73 bits per heavy atom. The molecule has 41 heavy (non-hydrogen) atoms. The van der Waals surface area contributed by atoms with Crippen LogP contribution < -0.4 is 19.8 Å². The lowest BCUT2D eigenvalue weighted by Crippen LogP contribution is -2.49. The Morgan fingerprint density at radius 3 is 2.44 bits per heavy atom. The highest BCUT2D eigenvalue weighted by atomic mass is 16.6. The first-order valence-corrected chi connectivity index (χ1v) is 14.4. The third-order valence-electron chi connectivity index (χ3n) is 7.75. The van der Waals surface area contributed by atoms with Gasteiger partial charge < -0.3 is 33.3 Å². The van der Waals surface area contributed by atoms with E-state index < -0.39 is 5.60 Å². The summed E-state index contributed by atoms with van der Waals surface area (Å²) in [6.45, 7) is 12.1. The minimum Gasteiger partial charge on any atom is -0.497 e. The van der Waals surface area contributed by atoms with Gasteiger partial charge in [-0.25, -0.2) is 4.79 Å². The largest absolute Gasteiger partial charge is 0.497 e. The van der Waals surface area contributed by atoms with Crippen molar-refractivity contribution in [2.45, 2.75) is 65.3 Å². The van der Waals surface area contributed by atoms with E-state index in [1.54, 1.807) is 13.2 Å². The number of amides is 1. The van der Waals surface area contributed by atoms with Crippen LogP contribution in [-0.4, -0.2) is 72.1 Å². The van der Waals surface area contributed by atoms with Crippen LogP contribution in [0.15, 0.2) is 47.3 Å². The number of fused-ring (bicyclic) bond motifs is 2. The molecule has 3 aromatic rings. The third kappa shape index (κ3) is 6.78. The molecular weight excluding hydrogens is 522 g/mol. The smallest absolute Gasteiger partial charge is 0.410 e. The lowest BCUT2D eigenvalue weighted by molar-refractivity contribution is 0.00562. The Morgan fingerprint density at radius 1 is 1.00 bits per heavy atom. The van der Waals surface area contributed by atoms with Gasteiger partial charge in [0.25, 0.3) is 5.56 Å². The van der Waals surface area contributed by atoms with Crippen LogP contribution in [0.3, 0.4) is 0 Å². The molecule has 0 aliphatic carbocycles. The highest BCUT2D eigenvalue weighted by Gasteiger charge is 2.31. The minimum atomic E-state index is -0.588. The lowest BCUT2D eigenvalue weighted by atomic mass is 10.0. The Bertz CT molecular complexity index is 1450. The monoisotopic (exact) mass is 563 g/mol. The summed E-state index contributed by atoms with van der Waals surface area (Å²) in [6.07, 6.45) is 1.33. The van der Waals surface area contributed by atoms with Crippen molar-refractivity contribution in [3.63, 3.8) is 0 Å². The van der Waals surface area contributed by atoms with E-state index in [0.717, 1.165) is 66.0 Å². The molecule has 0 atom stereocenters. The van der Waals surface area contributed by atoms with Crippen molar-refractivity contribution in [2.24, 2.45) is 0 Å². The zero-order chi connectivity index (χ0) is 29.1. The average Bonchev–Trinajstić information content (AvgIpc) is 2.95. The molecule has 220 valence electrons. The zero-order valence-corrected chi connectivity index (χ0v) is 24.8. The number of hydrogen-bond acceptors (Lipinski definition) is 7. The van der Waals surface area contributed by atoms with Crippen molar-refractivity contribution in [3.8, 4) is 17.2 Å². The summed E-state index contributed by atoms with van der Waals surface area (Å²) in [7, 11) is 1.64. The van der Waals surface area contributed by atoms with E-state index in [9.17, 15) is 9.59 Å². The number of benzene rings is 2. The molecule has 0 unspecified atom stereocenters. The molecule has 3 heterocycles. The summed E-state index contributed by atoms with van der Waals surface area (Å²) in [4.78, 5) is 30.5. The number of rotatable bonds is 7. The Labute approximate surface area is 241 Å². The highest BCUT2D eigenvalue weighted by molar-refractivity contribution is 5.83. The van der Waals surface area contributed by atoms with Gasteiger partial charge in [-0.05, 0) is 75.9 Å². The van der Waals surface area contributed by atoms with Gasteiger partial charge in [-0.15, -0.1) is 0 Å². The zero-order valence-electron chi connectivity index (χ0n) is 24.8. The van der Waals surface area contributed by atoms with Crippen molar-refractivity contribution in [3.05, 3.63) is 63.9 Å². The number of hydrogen-bond donors (Lipinski definition) is 0. The van der Waals surface area contributed by atoms with Crippen LogP contribution in [0.5, 0.6) is 17.2 Å². The van der Waals surface area contributed by atoms with Gasteiger partial charge in [-0.1, -0.05) is 6.07 Å². The van der Waals surface area contributed by atoms with Gasteiger partial charge in [0, 0.05) is 56.3 Å². The van der Waals surface area contributed by atoms with Crippen molar-refractivity contribution < 1.29 is 23.7 Å². The molecule has 0 spiro atoms. The molecule has 1 saturated heterocycles. The molecular formula is C32H41N3O6. The van der Waals surface area contributed by atoms with Gasteiger partial charge in [-0.2, -0.15) is 0 Å². The van der Waals surface area contributed by atoms with Crippen molar-refractivity contribution in [1.82, 2.24) is 14.4 Å². The lowest BCUT2D eigenvalue weighted by Gasteiger charge is -2.39. The Balaban J connectivity index is 1.27. The minimum absolute atomic E-state index is 0.00586. The molecule has 1 amide bonds. The normalized spacial score (nSPS) is 16.0. The van der Waals surface area contributed by atoms with Crippen LogP contribution in [0, 0.1) is 6.92 Å². The van der Waals surface area contributed by atoms with E-state index in [2.05, 4.69) is 4.90 Å². The maximum atomic E-state index is 13.4. The number of ether oxygens (including phenoxy) is 4. The van der Waals surface area contributed by atoms with Crippen molar-refractivity contribution in [1.29, 1.82) is 0 Å². The van der Waals surface area contributed by atoms with E-state index in [1.807, 2.05) is 73.6 Å². The van der Waals surface area contributed by atoms with Crippen molar-refractivity contribution >= 4 is 17.0 Å². The molecule has 2 aliphatic rings. The number of aryl methyl sites for hydroxylation is 1. The summed E-state index contributed by atoms with van der Waals surface area (Å²) in [5.41, 5.74) is 2.23. The molecule has 2 aliphatic heterocycles. The molecule has 1 aromatic heterocycles. The molecule has 5 rings (SSSR count). The predicted octanol–water partition coefficient (Wildman–Crippen LogP) is 4.99. The number of carbonyl (C=O) groups excluding carboxylic acids is 1. The fraction of sp³-hybridized carbons (Fsp3) is 0.500. The Hall–Kier alpha value is -3.72. The maximum Gasteiger partial charge on any atom is 0.410 e. The maximum absolute atomic E-state index is 13.4. The molecule has 0 bridgehead atoms. The molecule has 1 fully saturated rings. The summed E-state index contributed by atoms with van der Waals surface area (Å²) >= 11 is 0. The first kappa shape index (κ1) is 28.8. The summed E-state index contributed by atoms with van der Waals surface area (Å²) in [6, 6.07) is 13.5. The summed E-state index contributed by atoms with van der Waals surface area (Å²) in [5.74, 6) is 2.18. The summed E-state index contributed by atoms with van der Waals surface area (Å²) in [5, 5.41) is 1.05. The molecule has 9 nitrogen and oxygen atoms in total. The van der Waals surface area contributed by atoms with E-state index in [4.69, 9.17) is 18.9 Å². The Kier molecular flexibility index (Phi) is 8.45. The van der Waals surface area contributed by atoms with Gasteiger partial charge in [0.15, 0.2) is 11.5 Å². The van der Waals surface area contributed by atoms with E-state index in [1.165, 1.54) is 0 Å². The van der Waals surface area contributed by atoms with E-state index in [0.29, 0.717) is 32.1 Å². The first-order chi connectivity index (χ1) is 19.6.